The Balaban J connectivity index is 2.93. The van der Waals surface area contributed by atoms with Gasteiger partial charge in [0.2, 0.25) is 0 Å². The van der Waals surface area contributed by atoms with Gasteiger partial charge in [0.25, 0.3) is 7.52 Å². The highest BCUT2D eigenvalue weighted by Crippen LogP contribution is 2.64. The zero-order valence-electron chi connectivity index (χ0n) is 23.3. The maximum absolute atomic E-state index is 14.7. The molecule has 5 heteroatoms. The summed E-state index contributed by atoms with van der Waals surface area (Å²) in [5.41, 5.74) is 0.113. The van der Waals surface area contributed by atoms with E-state index in [1.165, 1.54) is 83.5 Å². The van der Waals surface area contributed by atoms with Crippen molar-refractivity contribution in [1.82, 2.24) is 4.67 Å². The fourth-order valence-electron chi connectivity index (χ4n) is 5.05. The van der Waals surface area contributed by atoms with Crippen molar-refractivity contribution in [2.24, 2.45) is 5.41 Å². The van der Waals surface area contributed by atoms with Gasteiger partial charge in [0.15, 0.2) is 0 Å². The average molecular weight is 488 g/mol. The van der Waals surface area contributed by atoms with Gasteiger partial charge < -0.3 is 9.26 Å². The fraction of sp³-hybridized carbons (Fsp3) is 1.00. The molecule has 1 aliphatic rings. The van der Waals surface area contributed by atoms with Gasteiger partial charge in [-0.05, 0) is 38.5 Å². The van der Waals surface area contributed by atoms with Crippen molar-refractivity contribution in [3.8, 4) is 0 Å². The molecule has 1 fully saturated rings. The second-order valence-corrected chi connectivity index (χ2v) is 14.5. The highest BCUT2D eigenvalue weighted by atomic mass is 31.2. The summed E-state index contributed by atoms with van der Waals surface area (Å²) in [7, 11) is -2.98. The van der Waals surface area contributed by atoms with Crippen molar-refractivity contribution in [1.29, 1.82) is 0 Å². The summed E-state index contributed by atoms with van der Waals surface area (Å²) in [6, 6.07) is 0. The molecule has 0 saturated carbocycles. The van der Waals surface area contributed by atoms with Gasteiger partial charge in [0, 0.05) is 13.1 Å². The molecule has 1 saturated heterocycles. The minimum Gasteiger partial charge on any atom is -0.379 e. The third-order valence-corrected chi connectivity index (χ3v) is 11.0. The summed E-state index contributed by atoms with van der Waals surface area (Å²) < 4.78 is 29.2. The SMILES string of the molecule is CCCCCCC(C)(CCCCCC)COP(=O)(N1CCOCC1)C(C)(C)CCCCCC. The number of hydrogen-bond donors (Lipinski definition) is 0. The van der Waals surface area contributed by atoms with Crippen LogP contribution in [0.25, 0.3) is 0 Å². The van der Waals surface area contributed by atoms with Crippen molar-refractivity contribution >= 4 is 7.52 Å². The van der Waals surface area contributed by atoms with Crippen LogP contribution in [0.2, 0.25) is 0 Å². The third kappa shape index (κ3) is 11.1. The van der Waals surface area contributed by atoms with Gasteiger partial charge in [-0.2, -0.15) is 0 Å². The van der Waals surface area contributed by atoms with Crippen LogP contribution in [0.5, 0.6) is 0 Å². The van der Waals surface area contributed by atoms with E-state index in [1.54, 1.807) is 0 Å². The lowest BCUT2D eigenvalue weighted by molar-refractivity contribution is 0.0545. The molecule has 0 aromatic carbocycles. The van der Waals surface area contributed by atoms with E-state index in [0.717, 1.165) is 25.9 Å². The van der Waals surface area contributed by atoms with E-state index in [0.29, 0.717) is 19.8 Å². The van der Waals surface area contributed by atoms with Crippen molar-refractivity contribution < 1.29 is 13.8 Å². The van der Waals surface area contributed by atoms with Crippen LogP contribution in [0.4, 0.5) is 0 Å². The molecule has 1 aliphatic heterocycles. The monoisotopic (exact) mass is 487 g/mol. The first-order valence-corrected chi connectivity index (χ1v) is 15.9. The molecule has 4 nitrogen and oxygen atoms in total. The predicted octanol–water partition coefficient (Wildman–Crippen LogP) is 9.22. The Labute approximate surface area is 207 Å². The summed E-state index contributed by atoms with van der Waals surface area (Å²) in [5.74, 6) is 0. The molecule has 33 heavy (non-hydrogen) atoms. The molecule has 1 unspecified atom stereocenters. The van der Waals surface area contributed by atoms with Gasteiger partial charge in [-0.25, -0.2) is 4.67 Å². The largest absolute Gasteiger partial charge is 0.379 e. The standard InChI is InChI=1S/C28H58NO3P/c1-7-10-13-16-19-27(4,5)33(30,29-22-24-31-25-23-29)32-26-28(6,20-17-14-11-8-2)21-18-15-12-9-3/h7-26H2,1-6H3. The van der Waals surface area contributed by atoms with Gasteiger partial charge in [-0.3, -0.25) is 4.57 Å². The van der Waals surface area contributed by atoms with E-state index in [4.69, 9.17) is 9.26 Å². The lowest BCUT2D eigenvalue weighted by atomic mass is 9.80. The quantitative estimate of drug-likeness (QED) is 0.127. The van der Waals surface area contributed by atoms with E-state index in [2.05, 4.69) is 46.2 Å². The molecule has 0 bridgehead atoms. The lowest BCUT2D eigenvalue weighted by Crippen LogP contribution is -2.41. The predicted molar refractivity (Wildman–Crippen MR) is 144 cm³/mol. The van der Waals surface area contributed by atoms with E-state index in [-0.39, 0.29) is 10.6 Å². The second kappa shape index (κ2) is 16.7. The molecule has 0 spiro atoms. The summed E-state index contributed by atoms with van der Waals surface area (Å²) in [5, 5.41) is -0.330. The van der Waals surface area contributed by atoms with Crippen LogP contribution in [-0.4, -0.2) is 42.7 Å². The van der Waals surface area contributed by atoms with Crippen molar-refractivity contribution in [2.45, 2.75) is 143 Å². The molecular formula is C28H58NO3P. The highest BCUT2D eigenvalue weighted by molar-refractivity contribution is 7.58. The second-order valence-electron chi connectivity index (χ2n) is 11.4. The number of ether oxygens (including phenoxy) is 1. The molecule has 0 aliphatic carbocycles. The fourth-order valence-corrected chi connectivity index (χ4v) is 7.95. The molecular weight excluding hydrogens is 429 g/mol. The first-order valence-electron chi connectivity index (χ1n) is 14.3. The molecule has 198 valence electrons. The summed E-state index contributed by atoms with van der Waals surface area (Å²) in [6.45, 7) is 16.9. The van der Waals surface area contributed by atoms with Crippen molar-refractivity contribution in [2.75, 3.05) is 32.9 Å². The summed E-state index contributed by atoms with van der Waals surface area (Å²) in [6.07, 6.45) is 18.4. The van der Waals surface area contributed by atoms with Crippen LogP contribution >= 0.6 is 7.52 Å². The molecule has 0 aromatic rings. The highest BCUT2D eigenvalue weighted by Gasteiger charge is 2.47. The zero-order valence-corrected chi connectivity index (χ0v) is 24.2. The number of unbranched alkanes of at least 4 members (excludes halogenated alkanes) is 9. The van der Waals surface area contributed by atoms with Crippen LogP contribution in [0.1, 0.15) is 138 Å². The molecule has 0 aromatic heterocycles. The molecule has 1 heterocycles. The van der Waals surface area contributed by atoms with E-state index < -0.39 is 7.52 Å². The smallest absolute Gasteiger partial charge is 0.278 e. The zero-order chi connectivity index (χ0) is 24.6. The number of hydrogen-bond acceptors (Lipinski definition) is 3. The minimum absolute atomic E-state index is 0.113. The van der Waals surface area contributed by atoms with Crippen LogP contribution in [0.15, 0.2) is 0 Å². The average Bonchev–Trinajstić information content (AvgIpc) is 2.81. The Morgan fingerprint density at radius 1 is 0.727 bits per heavy atom. The topological polar surface area (TPSA) is 38.8 Å². The maximum Gasteiger partial charge on any atom is 0.278 e. The van der Waals surface area contributed by atoms with Gasteiger partial charge in [0.05, 0.1) is 25.0 Å². The molecule has 1 atom stereocenters. The first-order chi connectivity index (χ1) is 15.7. The number of morpholine rings is 1. The van der Waals surface area contributed by atoms with E-state index in [9.17, 15) is 4.57 Å². The first kappa shape index (κ1) is 31.1. The number of nitrogens with zero attached hydrogens (tertiary/aromatic N) is 1. The number of rotatable bonds is 20. The minimum atomic E-state index is -2.98. The van der Waals surface area contributed by atoms with Crippen LogP contribution in [-0.2, 0) is 13.8 Å². The van der Waals surface area contributed by atoms with Gasteiger partial charge in [-0.15, -0.1) is 0 Å². The Hall–Kier alpha value is 0.110. The van der Waals surface area contributed by atoms with Crippen LogP contribution < -0.4 is 0 Å². The van der Waals surface area contributed by atoms with Crippen molar-refractivity contribution in [3.63, 3.8) is 0 Å². The van der Waals surface area contributed by atoms with Gasteiger partial charge in [0.1, 0.15) is 0 Å². The third-order valence-electron chi connectivity index (χ3n) is 7.62. The Morgan fingerprint density at radius 2 is 1.18 bits per heavy atom. The van der Waals surface area contributed by atoms with Crippen molar-refractivity contribution in [3.05, 3.63) is 0 Å². The molecule has 0 amide bonds. The molecule has 1 rings (SSSR count). The van der Waals surface area contributed by atoms with E-state index >= 15 is 0 Å². The van der Waals surface area contributed by atoms with E-state index in [1.807, 2.05) is 0 Å². The van der Waals surface area contributed by atoms with Gasteiger partial charge >= 0.3 is 0 Å². The van der Waals surface area contributed by atoms with Crippen LogP contribution in [0, 0.1) is 5.41 Å². The Bertz CT molecular complexity index is 519. The summed E-state index contributed by atoms with van der Waals surface area (Å²) >= 11 is 0. The summed E-state index contributed by atoms with van der Waals surface area (Å²) in [4.78, 5) is 0. The molecule has 0 N–H and O–H groups in total. The maximum atomic E-state index is 14.7. The molecule has 0 radical (unpaired) electrons. The normalized spacial score (nSPS) is 17.9. The Morgan fingerprint density at radius 3 is 1.64 bits per heavy atom. The van der Waals surface area contributed by atoms with Gasteiger partial charge in [-0.1, -0.05) is 105 Å². The lowest BCUT2D eigenvalue weighted by Gasteiger charge is -2.44. The van der Waals surface area contributed by atoms with Crippen LogP contribution in [0.3, 0.4) is 0 Å². The Kier molecular flexibility index (Phi) is 15.8.